The number of ketones is 1. The minimum atomic E-state index is -1.09. The minimum absolute atomic E-state index is 0.142. The summed E-state index contributed by atoms with van der Waals surface area (Å²) in [4.78, 5) is 25.6. The van der Waals surface area contributed by atoms with Gasteiger partial charge in [0.25, 0.3) is 5.91 Å². The number of amides is 1. The lowest BCUT2D eigenvalue weighted by Crippen LogP contribution is -2.46. The molecule has 0 saturated heterocycles. The summed E-state index contributed by atoms with van der Waals surface area (Å²) in [7, 11) is 0. The molecule has 3 rings (SSSR count). The zero-order valence-electron chi connectivity index (χ0n) is 13.1. The lowest BCUT2D eigenvalue weighted by molar-refractivity contribution is 0.0871. The first-order valence-corrected chi connectivity index (χ1v) is 8.48. The van der Waals surface area contributed by atoms with Crippen molar-refractivity contribution in [1.29, 1.82) is 0 Å². The molecule has 1 aromatic heterocycles. The lowest BCUT2D eigenvalue weighted by Gasteiger charge is -2.20. The van der Waals surface area contributed by atoms with E-state index in [2.05, 4.69) is 10.6 Å². The summed E-state index contributed by atoms with van der Waals surface area (Å²) in [6, 6.07) is 18.0. The molecule has 25 heavy (non-hydrogen) atoms. The Balaban J connectivity index is 1.86. The van der Waals surface area contributed by atoms with Gasteiger partial charge in [0, 0.05) is 5.56 Å². The maximum absolute atomic E-state index is 13.9. The van der Waals surface area contributed by atoms with Crippen molar-refractivity contribution >= 4 is 28.7 Å². The Morgan fingerprint density at radius 1 is 0.920 bits per heavy atom. The molecule has 0 aliphatic carbocycles. The molecule has 2 N–H and O–H groups in total. The summed E-state index contributed by atoms with van der Waals surface area (Å²) in [5, 5.41) is 7.20. The van der Waals surface area contributed by atoms with E-state index < -0.39 is 17.9 Å². The van der Waals surface area contributed by atoms with Crippen LogP contribution in [-0.2, 0) is 0 Å². The average molecular weight is 354 g/mol. The lowest BCUT2D eigenvalue weighted by atomic mass is 10.1. The van der Waals surface area contributed by atoms with Gasteiger partial charge < -0.3 is 10.6 Å². The van der Waals surface area contributed by atoms with Crippen LogP contribution in [0.3, 0.4) is 0 Å². The normalized spacial score (nSPS) is 11.6. The van der Waals surface area contributed by atoms with Crippen molar-refractivity contribution < 1.29 is 14.0 Å². The number of para-hydroxylation sites is 1. The van der Waals surface area contributed by atoms with Crippen LogP contribution < -0.4 is 10.6 Å². The van der Waals surface area contributed by atoms with Crippen LogP contribution in [0.1, 0.15) is 20.0 Å². The van der Waals surface area contributed by atoms with Crippen molar-refractivity contribution in [3.63, 3.8) is 0 Å². The van der Waals surface area contributed by atoms with E-state index in [4.69, 9.17) is 0 Å². The molecule has 0 aliphatic heterocycles. The molecule has 0 radical (unpaired) electrons. The number of anilines is 1. The van der Waals surface area contributed by atoms with Crippen LogP contribution in [0.25, 0.3) is 0 Å². The van der Waals surface area contributed by atoms with Crippen LogP contribution in [-0.4, -0.2) is 17.9 Å². The summed E-state index contributed by atoms with van der Waals surface area (Å²) in [5.74, 6) is -1.25. The van der Waals surface area contributed by atoms with E-state index in [0.717, 1.165) is 0 Å². The second kappa shape index (κ2) is 7.72. The van der Waals surface area contributed by atoms with E-state index in [-0.39, 0.29) is 11.5 Å². The number of thiophene rings is 1. The summed E-state index contributed by atoms with van der Waals surface area (Å²) in [6.45, 7) is 0. The molecule has 1 heterocycles. The third-order valence-electron chi connectivity index (χ3n) is 3.51. The number of benzene rings is 2. The van der Waals surface area contributed by atoms with Crippen LogP contribution in [0.4, 0.5) is 10.1 Å². The fourth-order valence-corrected chi connectivity index (χ4v) is 2.91. The van der Waals surface area contributed by atoms with Crippen molar-refractivity contribution in [2.45, 2.75) is 6.17 Å². The van der Waals surface area contributed by atoms with Crippen LogP contribution in [0, 0.1) is 5.82 Å². The molecule has 4 nitrogen and oxygen atoms in total. The van der Waals surface area contributed by atoms with Crippen molar-refractivity contribution in [3.05, 3.63) is 88.4 Å². The predicted molar refractivity (Wildman–Crippen MR) is 96.4 cm³/mol. The van der Waals surface area contributed by atoms with Crippen molar-refractivity contribution in [2.75, 3.05) is 5.32 Å². The van der Waals surface area contributed by atoms with Crippen LogP contribution in [0.5, 0.6) is 0 Å². The smallest absolute Gasteiger partial charge is 0.263 e. The molecular weight excluding hydrogens is 339 g/mol. The Labute approximate surface area is 148 Å². The summed E-state index contributed by atoms with van der Waals surface area (Å²) in [5.41, 5.74) is 0.561. The quantitative estimate of drug-likeness (QED) is 0.521. The van der Waals surface area contributed by atoms with E-state index in [1.807, 2.05) is 0 Å². The fourth-order valence-electron chi connectivity index (χ4n) is 2.28. The van der Waals surface area contributed by atoms with Crippen molar-refractivity contribution in [2.24, 2.45) is 0 Å². The van der Waals surface area contributed by atoms with Gasteiger partial charge in [0.15, 0.2) is 6.17 Å². The van der Waals surface area contributed by atoms with Gasteiger partial charge in [0.2, 0.25) is 5.78 Å². The highest BCUT2D eigenvalue weighted by Crippen LogP contribution is 2.16. The number of rotatable bonds is 6. The Morgan fingerprint density at radius 2 is 1.64 bits per heavy atom. The van der Waals surface area contributed by atoms with Crippen molar-refractivity contribution in [3.8, 4) is 0 Å². The molecule has 1 unspecified atom stereocenters. The van der Waals surface area contributed by atoms with Gasteiger partial charge in [0.05, 0.1) is 10.6 Å². The van der Waals surface area contributed by atoms with Gasteiger partial charge in [-0.05, 0) is 23.6 Å². The predicted octanol–water partition coefficient (Wildman–Crippen LogP) is 3.94. The minimum Gasteiger partial charge on any atom is -0.356 e. The summed E-state index contributed by atoms with van der Waals surface area (Å²) < 4.78 is 13.9. The SMILES string of the molecule is O=C(NC(Nc1ccccc1F)C(=O)c1ccccc1)c1cccs1. The van der Waals surface area contributed by atoms with Gasteiger partial charge in [0.1, 0.15) is 5.82 Å². The van der Waals surface area contributed by atoms with Gasteiger partial charge in [-0.3, -0.25) is 9.59 Å². The highest BCUT2D eigenvalue weighted by molar-refractivity contribution is 7.12. The molecule has 0 bridgehead atoms. The first-order valence-electron chi connectivity index (χ1n) is 7.60. The van der Waals surface area contributed by atoms with E-state index in [0.29, 0.717) is 10.4 Å². The topological polar surface area (TPSA) is 58.2 Å². The first-order chi connectivity index (χ1) is 12.1. The molecule has 1 amide bonds. The maximum atomic E-state index is 13.9. The highest BCUT2D eigenvalue weighted by atomic mass is 32.1. The van der Waals surface area contributed by atoms with Gasteiger partial charge in [-0.2, -0.15) is 0 Å². The number of hydrogen-bond acceptors (Lipinski definition) is 4. The Kier molecular flexibility index (Phi) is 5.20. The third-order valence-corrected chi connectivity index (χ3v) is 4.38. The molecule has 0 saturated carbocycles. The monoisotopic (exact) mass is 354 g/mol. The molecule has 0 fully saturated rings. The largest absolute Gasteiger partial charge is 0.356 e. The molecule has 3 aromatic rings. The fraction of sp³-hybridized carbons (Fsp3) is 0.0526. The van der Waals surface area contributed by atoms with Gasteiger partial charge in [-0.1, -0.05) is 48.5 Å². The van der Waals surface area contributed by atoms with Gasteiger partial charge >= 0.3 is 0 Å². The summed E-state index contributed by atoms with van der Waals surface area (Å²) >= 11 is 1.26. The van der Waals surface area contributed by atoms with Crippen LogP contribution in [0.2, 0.25) is 0 Å². The molecule has 0 spiro atoms. The first kappa shape index (κ1) is 16.9. The van der Waals surface area contributed by atoms with Gasteiger partial charge in [-0.25, -0.2) is 4.39 Å². The molecule has 1 atom stereocenters. The molecule has 6 heteroatoms. The zero-order valence-corrected chi connectivity index (χ0v) is 13.9. The number of halogens is 1. The molecule has 126 valence electrons. The van der Waals surface area contributed by atoms with Crippen molar-refractivity contribution in [1.82, 2.24) is 5.32 Å². The molecule has 2 aromatic carbocycles. The van der Waals surface area contributed by atoms with E-state index in [1.165, 1.54) is 23.5 Å². The number of carbonyl (C=O) groups is 2. The second-order valence-electron chi connectivity index (χ2n) is 5.24. The number of carbonyl (C=O) groups excluding carboxylic acids is 2. The Hall–Kier alpha value is -2.99. The third kappa shape index (κ3) is 4.10. The maximum Gasteiger partial charge on any atom is 0.263 e. The van der Waals surface area contributed by atoms with Gasteiger partial charge in [-0.15, -0.1) is 11.3 Å². The molecular formula is C19H15FN2O2S. The zero-order chi connectivity index (χ0) is 17.6. The standard InChI is InChI=1S/C19H15FN2O2S/c20-14-9-4-5-10-15(14)21-18(17(23)13-7-2-1-3-8-13)22-19(24)16-11-6-12-25-16/h1-12,18,21H,(H,22,24). The molecule has 0 aliphatic rings. The second-order valence-corrected chi connectivity index (χ2v) is 6.19. The highest BCUT2D eigenvalue weighted by Gasteiger charge is 2.23. The van der Waals surface area contributed by atoms with E-state index in [9.17, 15) is 14.0 Å². The Morgan fingerprint density at radius 3 is 2.32 bits per heavy atom. The van der Waals surface area contributed by atoms with E-state index in [1.54, 1.807) is 60.0 Å². The van der Waals surface area contributed by atoms with Crippen LogP contribution in [0.15, 0.2) is 72.1 Å². The average Bonchev–Trinajstić information content (AvgIpc) is 3.18. The number of nitrogens with one attached hydrogen (secondary N) is 2. The van der Waals surface area contributed by atoms with E-state index >= 15 is 0 Å². The number of Topliss-reactive ketones (excluding diaryl/α,β-unsaturated/α-hetero) is 1. The Bertz CT molecular complexity index is 866. The van der Waals surface area contributed by atoms with Crippen LogP contribution >= 0.6 is 11.3 Å². The summed E-state index contributed by atoms with van der Waals surface area (Å²) in [6.07, 6.45) is -1.09. The number of hydrogen-bond donors (Lipinski definition) is 2.